The lowest BCUT2D eigenvalue weighted by molar-refractivity contribution is -0.223. The first-order chi connectivity index (χ1) is 58.9. The van der Waals surface area contributed by atoms with Gasteiger partial charge < -0.3 is 0 Å². The minimum Gasteiger partial charge on any atom is -0.299 e. The van der Waals surface area contributed by atoms with Crippen LogP contribution in [0.25, 0.3) is 0 Å². The van der Waals surface area contributed by atoms with Crippen molar-refractivity contribution in [3.8, 4) is 0 Å². The topological polar surface area (TPSA) is 47.1 Å². The van der Waals surface area contributed by atoms with Crippen molar-refractivity contribution in [2.75, 3.05) is 0 Å². The summed E-state index contributed by atoms with van der Waals surface area (Å²) >= 11 is 0. The van der Waals surface area contributed by atoms with Gasteiger partial charge in [-0.3, -0.25) is 29.2 Å². The van der Waals surface area contributed by atoms with Crippen LogP contribution in [-0.2, 0) is 9.59 Å². The average molecular weight is 1660 g/mol. The number of carbonyl (C=O) groups excluding carboxylic acids is 2. The fourth-order valence-corrected chi connectivity index (χ4v) is 33.1. The lowest BCUT2D eigenvalue weighted by Gasteiger charge is -2.71. The minimum atomic E-state index is 0.160. The van der Waals surface area contributed by atoms with Crippen LogP contribution >= 0.6 is 0 Å². The van der Waals surface area contributed by atoms with E-state index in [-0.39, 0.29) is 23.7 Å². The Morgan fingerprint density at radius 2 is 0.425 bits per heavy atom. The molecule has 0 spiro atoms. The van der Waals surface area contributed by atoms with Gasteiger partial charge >= 0.3 is 0 Å². The molecule has 0 aromatic rings. The van der Waals surface area contributed by atoms with Gasteiger partial charge in [-0.2, -0.15) is 0 Å². The number of ketones is 2. The molecule has 14 aliphatic carbocycles. The van der Waals surface area contributed by atoms with Crippen LogP contribution in [0.15, 0.2) is 0 Å². The summed E-state index contributed by atoms with van der Waals surface area (Å²) in [5.74, 6) is 12.2. The Bertz CT molecular complexity index is 2610. The van der Waals surface area contributed by atoms with Crippen molar-refractivity contribution in [2.24, 2.45) is 107 Å². The molecule has 12 unspecified atom stereocenters. The number of hydrogen-bond acceptors (Lipinski definition) is 6. The molecule has 0 aliphatic heterocycles. The van der Waals surface area contributed by atoms with Crippen molar-refractivity contribution in [1.29, 1.82) is 0 Å². The number of nitrogens with zero attached hydrogens (tertiary/aromatic N) is 4. The number of carbonyl (C=O) groups is 2. The Morgan fingerprint density at radius 3 is 0.658 bits per heavy atom. The van der Waals surface area contributed by atoms with Crippen LogP contribution in [0.5, 0.6) is 0 Å². The lowest BCUT2D eigenvalue weighted by Crippen LogP contribution is -2.75. The average Bonchev–Trinajstić information content (AvgIpc) is 0.684. The van der Waals surface area contributed by atoms with Gasteiger partial charge in [0.1, 0.15) is 11.6 Å². The third-order valence-electron chi connectivity index (χ3n) is 39.9. The van der Waals surface area contributed by atoms with E-state index in [0.29, 0.717) is 108 Å². The first-order valence-corrected chi connectivity index (χ1v) is 57.1. The van der Waals surface area contributed by atoms with Gasteiger partial charge in [0.15, 0.2) is 0 Å². The summed E-state index contributed by atoms with van der Waals surface area (Å²) in [6.45, 7) is 20.1. The molecule has 14 fully saturated rings. The van der Waals surface area contributed by atoms with Crippen molar-refractivity contribution in [3.63, 3.8) is 0 Å². The van der Waals surface area contributed by atoms with Crippen molar-refractivity contribution >= 4 is 11.6 Å². The van der Waals surface area contributed by atoms with E-state index >= 15 is 9.59 Å². The second-order valence-electron chi connectivity index (χ2n) is 47.9. The molecule has 0 saturated heterocycles. The highest BCUT2D eigenvalue weighted by molar-refractivity contribution is 5.85. The van der Waals surface area contributed by atoms with E-state index in [2.05, 4.69) is 75.0 Å². The molecular weight excluding hydrogens is 1460 g/mol. The molecule has 6 heteroatoms. The van der Waals surface area contributed by atoms with Crippen molar-refractivity contribution in [1.82, 2.24) is 19.6 Å². The summed E-state index contributed by atoms with van der Waals surface area (Å²) in [5.41, 5.74) is 0. The summed E-state index contributed by atoms with van der Waals surface area (Å²) < 4.78 is 0. The third-order valence-corrected chi connectivity index (χ3v) is 39.9. The number of Topliss-reactive ketones (excluding diaryl/α,β-unsaturated/α-hetero) is 2. The van der Waals surface area contributed by atoms with Crippen molar-refractivity contribution in [2.45, 2.75) is 603 Å². The van der Waals surface area contributed by atoms with Gasteiger partial charge in [-0.05, 0) is 340 Å². The number of rotatable bonds is 44. The molecule has 690 valence electrons. The lowest BCUT2D eigenvalue weighted by atomic mass is 9.39. The van der Waals surface area contributed by atoms with E-state index < -0.39 is 0 Å². The maximum Gasteiger partial charge on any atom is 0.139 e. The van der Waals surface area contributed by atoms with Crippen molar-refractivity contribution < 1.29 is 9.59 Å². The molecule has 120 heavy (non-hydrogen) atoms. The highest BCUT2D eigenvalue weighted by Gasteiger charge is 2.70. The minimum absolute atomic E-state index is 0.160. The van der Waals surface area contributed by atoms with Crippen LogP contribution in [-0.4, -0.2) is 104 Å². The van der Waals surface area contributed by atoms with Gasteiger partial charge in [0.05, 0.1) is 0 Å². The van der Waals surface area contributed by atoms with Crippen LogP contribution in [0.1, 0.15) is 531 Å². The fourth-order valence-electron chi connectivity index (χ4n) is 33.1. The van der Waals surface area contributed by atoms with E-state index in [0.717, 1.165) is 84.6 Å². The fraction of sp³-hybridized carbons (Fsp3) is 0.982. The van der Waals surface area contributed by atoms with Crippen LogP contribution in [0.4, 0.5) is 0 Å². The van der Waals surface area contributed by atoms with Gasteiger partial charge in [0.2, 0.25) is 0 Å². The van der Waals surface area contributed by atoms with Crippen LogP contribution in [0.3, 0.4) is 0 Å². The van der Waals surface area contributed by atoms with E-state index in [1.807, 2.05) is 0 Å². The maximum atomic E-state index is 17.9. The van der Waals surface area contributed by atoms with Gasteiger partial charge in [0.25, 0.3) is 0 Å². The third kappa shape index (κ3) is 25.1. The van der Waals surface area contributed by atoms with Crippen molar-refractivity contribution in [3.05, 3.63) is 0 Å². The molecule has 14 rings (SSSR count). The molecule has 0 aromatic heterocycles. The number of hydrogen-bond donors (Lipinski definition) is 0. The molecular formula is C114H202N4O2. The number of unbranched alkanes of at least 4 members (excludes halogenated alkanes) is 20. The molecule has 0 radical (unpaired) electrons. The SMILES string of the molecule is CCCCCCCCC1CCC(N(C2CCC(C)CC2)C2CC(N(C3CCC(C)CC3)C3CCC(CCCCCCCC)CC3)C3C(C(=O)C4CCCCC4)CC4C5C3C2CC(C(=O)C2CCCCC2)C5C(N(C2CCC(C)CC2)C2CCC(CCCCCCCC)CC2)CC4N(C2CCC(C)CC2)C2CCC(CCCCCCCC)CC2)CC1. The molecule has 6 nitrogen and oxygen atoms in total. The van der Waals surface area contributed by atoms with Crippen LogP contribution in [0.2, 0.25) is 0 Å². The standard InChI is InChI=1S/C114H202N4O2/c1-9-13-17-21-25-31-39-87-55-71-97(72-56-87)115(93-63-47-83(5)48-64-93)105-81-107(117(95-67-51-85(7)52-68-95)99-75-59-89(60-76-99)41-33-27-23-19-15-11-3)109-104(114(120)92-45-37-30-38-46-92)80-102-106(116(94-65-49-84(6)50-66-94)98-73-57-88(58-74-98)40-32-26-22-18-14-10-2)82-108(110-103(79-101(105)111(109)112(102)110)113(119)91-43-35-29-36-44-91)118(96-69-53-86(8)54-70-96)100-77-61-90(62-78-100)42-34-28-24-20-16-12-4/h83-112H,9-82H2,1-8H3. The summed E-state index contributed by atoms with van der Waals surface area (Å²) in [4.78, 5) is 50.3. The Morgan fingerprint density at radius 1 is 0.217 bits per heavy atom. The molecule has 14 saturated carbocycles. The molecule has 14 aliphatic rings. The van der Waals surface area contributed by atoms with E-state index in [9.17, 15) is 0 Å². The molecule has 0 N–H and O–H groups in total. The largest absolute Gasteiger partial charge is 0.299 e. The zero-order chi connectivity index (χ0) is 83.1. The zero-order valence-electron chi connectivity index (χ0n) is 81.3. The second-order valence-corrected chi connectivity index (χ2v) is 47.9. The van der Waals surface area contributed by atoms with Gasteiger partial charge in [0, 0.05) is 96.2 Å². The Labute approximate surface area is 745 Å². The summed E-state index contributed by atoms with van der Waals surface area (Å²) in [7, 11) is 0. The molecule has 0 aromatic carbocycles. The highest BCUT2D eigenvalue weighted by atomic mass is 16.1. The second kappa shape index (κ2) is 49.4. The Hall–Kier alpha value is -0.820. The molecule has 0 heterocycles. The van der Waals surface area contributed by atoms with E-state index in [1.54, 1.807) is 0 Å². The molecule has 0 amide bonds. The predicted molar refractivity (Wildman–Crippen MR) is 513 cm³/mol. The highest BCUT2D eigenvalue weighted by Crippen LogP contribution is 2.68. The van der Waals surface area contributed by atoms with E-state index in [4.69, 9.17) is 0 Å². The first-order valence-electron chi connectivity index (χ1n) is 57.1. The molecule has 0 bridgehead atoms. The maximum absolute atomic E-state index is 17.9. The van der Waals surface area contributed by atoms with Gasteiger partial charge in [-0.25, -0.2) is 0 Å². The zero-order valence-corrected chi connectivity index (χ0v) is 81.3. The quantitative estimate of drug-likeness (QED) is 0.0567. The van der Waals surface area contributed by atoms with E-state index in [1.165, 1.54) is 449 Å². The first kappa shape index (κ1) is 95.3. The monoisotopic (exact) mass is 1660 g/mol. The smallest absolute Gasteiger partial charge is 0.139 e. The summed E-state index contributed by atoms with van der Waals surface area (Å²) in [5, 5.41) is 0. The van der Waals surface area contributed by atoms with Crippen LogP contribution in [0, 0.1) is 107 Å². The molecule has 12 atom stereocenters. The summed E-state index contributed by atoms with van der Waals surface area (Å²) in [6.07, 6.45) is 103. The Kier molecular flexibility index (Phi) is 39.2. The van der Waals surface area contributed by atoms with Gasteiger partial charge in [-0.15, -0.1) is 0 Å². The normalized spacial score (nSPS) is 39.5. The predicted octanol–water partition coefficient (Wildman–Crippen LogP) is 32.1. The van der Waals surface area contributed by atoms with Gasteiger partial charge in [-0.1, -0.05) is 274 Å². The summed E-state index contributed by atoms with van der Waals surface area (Å²) in [6, 6.07) is 7.12. The Balaban J connectivity index is 0.949. The van der Waals surface area contributed by atoms with Crippen LogP contribution < -0.4 is 0 Å².